The van der Waals surface area contributed by atoms with E-state index < -0.39 is 0 Å². The number of hydrogen-bond acceptors (Lipinski definition) is 5. The third kappa shape index (κ3) is 5.78. The van der Waals surface area contributed by atoms with Gasteiger partial charge in [-0.05, 0) is 47.0 Å². The van der Waals surface area contributed by atoms with Crippen molar-refractivity contribution in [2.75, 3.05) is 27.9 Å². The van der Waals surface area contributed by atoms with Gasteiger partial charge in [-0.3, -0.25) is 0 Å². The van der Waals surface area contributed by atoms with E-state index in [0.717, 1.165) is 39.6 Å². The minimum Gasteiger partial charge on any atom is -0.497 e. The van der Waals surface area contributed by atoms with Gasteiger partial charge in [0.2, 0.25) is 0 Å². The molecule has 6 heteroatoms. The molecule has 0 spiro atoms. The van der Waals surface area contributed by atoms with Crippen LogP contribution >= 0.6 is 0 Å². The summed E-state index contributed by atoms with van der Waals surface area (Å²) in [4.78, 5) is 4.70. The zero-order chi connectivity index (χ0) is 25.3. The van der Waals surface area contributed by atoms with Gasteiger partial charge in [0.05, 0.1) is 26.9 Å². The van der Waals surface area contributed by atoms with Crippen molar-refractivity contribution in [3.8, 4) is 34.4 Å². The summed E-state index contributed by atoms with van der Waals surface area (Å²) in [6, 6.07) is 19.8. The average molecular weight is 483 g/mol. The lowest BCUT2D eigenvalue weighted by Crippen LogP contribution is -2.04. The van der Waals surface area contributed by atoms with Crippen molar-refractivity contribution in [3.05, 3.63) is 102 Å². The van der Waals surface area contributed by atoms with Gasteiger partial charge in [-0.15, -0.1) is 0 Å². The van der Waals surface area contributed by atoms with Gasteiger partial charge < -0.3 is 23.5 Å². The Hall–Kier alpha value is -4.45. The predicted octanol–water partition coefficient (Wildman–Crippen LogP) is 6.36. The van der Waals surface area contributed by atoms with Crippen LogP contribution in [-0.4, -0.2) is 37.5 Å². The van der Waals surface area contributed by atoms with E-state index in [2.05, 4.69) is 23.3 Å². The number of methoxy groups -OCH3 is 3. The van der Waals surface area contributed by atoms with Crippen molar-refractivity contribution in [2.45, 2.75) is 6.54 Å². The number of aromatic nitrogens is 2. The highest BCUT2D eigenvalue weighted by atomic mass is 16.5. The molecule has 1 aromatic heterocycles. The number of imidazole rings is 1. The van der Waals surface area contributed by atoms with Crippen LogP contribution < -0.4 is 18.9 Å². The van der Waals surface area contributed by atoms with Crippen molar-refractivity contribution in [3.63, 3.8) is 0 Å². The molecule has 4 rings (SSSR count). The van der Waals surface area contributed by atoms with E-state index in [-0.39, 0.29) is 0 Å². The summed E-state index contributed by atoms with van der Waals surface area (Å²) in [6.45, 7) is 4.82. The van der Waals surface area contributed by atoms with Gasteiger partial charge in [0, 0.05) is 25.0 Å². The third-order valence-electron chi connectivity index (χ3n) is 5.72. The standard InChI is InChI=1S/C30H30N2O4/c1-5-18-36-26-14-7-22(8-15-26)6-11-24-19-27(34-3)20-28(35-4)29(24)30-31-16-17-32(30)21-23-9-12-25(33-2)13-10-23/h5-17,19-20H,1,18,21H2,2-4H3. The molecule has 0 atom stereocenters. The van der Waals surface area contributed by atoms with Crippen LogP contribution in [0.3, 0.4) is 0 Å². The summed E-state index contributed by atoms with van der Waals surface area (Å²) in [5.74, 6) is 3.82. The second-order valence-corrected chi connectivity index (χ2v) is 8.02. The largest absolute Gasteiger partial charge is 0.497 e. The number of nitrogens with zero attached hydrogens (tertiary/aromatic N) is 2. The van der Waals surface area contributed by atoms with Crippen LogP contribution in [0, 0.1) is 0 Å². The Kier molecular flexibility index (Phi) is 8.08. The van der Waals surface area contributed by atoms with Crippen LogP contribution in [0.15, 0.2) is 85.7 Å². The van der Waals surface area contributed by atoms with Crippen molar-refractivity contribution in [2.24, 2.45) is 0 Å². The minimum absolute atomic E-state index is 0.478. The van der Waals surface area contributed by atoms with Crippen molar-refractivity contribution in [1.82, 2.24) is 9.55 Å². The highest BCUT2D eigenvalue weighted by Crippen LogP contribution is 2.37. The quantitative estimate of drug-likeness (QED) is 0.184. The molecule has 1 heterocycles. The van der Waals surface area contributed by atoms with Gasteiger partial charge in [-0.25, -0.2) is 4.98 Å². The Bertz CT molecular complexity index is 1320. The third-order valence-corrected chi connectivity index (χ3v) is 5.72. The number of benzene rings is 3. The molecule has 0 aliphatic heterocycles. The lowest BCUT2D eigenvalue weighted by molar-refractivity contribution is 0.363. The van der Waals surface area contributed by atoms with Gasteiger partial charge in [0.25, 0.3) is 0 Å². The van der Waals surface area contributed by atoms with Crippen LogP contribution in [0.25, 0.3) is 23.5 Å². The van der Waals surface area contributed by atoms with Crippen molar-refractivity contribution in [1.29, 1.82) is 0 Å². The fourth-order valence-corrected chi connectivity index (χ4v) is 3.87. The SMILES string of the molecule is C=CCOc1ccc(C=Cc2cc(OC)cc(OC)c2-c2nccn2Cc2ccc(OC)cc2)cc1. The van der Waals surface area contributed by atoms with Crippen molar-refractivity contribution >= 4 is 12.2 Å². The van der Waals surface area contributed by atoms with Gasteiger partial charge in [-0.1, -0.05) is 49.1 Å². The average Bonchev–Trinajstić information content (AvgIpc) is 3.38. The number of hydrogen-bond donors (Lipinski definition) is 0. The maximum absolute atomic E-state index is 5.78. The van der Waals surface area contributed by atoms with Gasteiger partial charge >= 0.3 is 0 Å². The minimum atomic E-state index is 0.478. The van der Waals surface area contributed by atoms with Crippen LogP contribution in [0.2, 0.25) is 0 Å². The summed E-state index contributed by atoms with van der Waals surface area (Å²) >= 11 is 0. The Morgan fingerprint density at radius 3 is 2.22 bits per heavy atom. The topological polar surface area (TPSA) is 54.7 Å². The Morgan fingerprint density at radius 2 is 1.56 bits per heavy atom. The highest BCUT2D eigenvalue weighted by molar-refractivity contribution is 5.83. The monoisotopic (exact) mass is 482 g/mol. The molecule has 6 nitrogen and oxygen atoms in total. The summed E-state index contributed by atoms with van der Waals surface area (Å²) < 4.78 is 24.3. The summed E-state index contributed by atoms with van der Waals surface area (Å²) in [6.07, 6.45) is 9.60. The van der Waals surface area contributed by atoms with E-state index in [1.165, 1.54) is 0 Å². The van der Waals surface area contributed by atoms with Crippen LogP contribution in [-0.2, 0) is 6.54 Å². The highest BCUT2D eigenvalue weighted by Gasteiger charge is 2.18. The fourth-order valence-electron chi connectivity index (χ4n) is 3.87. The predicted molar refractivity (Wildman–Crippen MR) is 144 cm³/mol. The molecule has 0 N–H and O–H groups in total. The second-order valence-electron chi connectivity index (χ2n) is 8.02. The van der Waals surface area contributed by atoms with Gasteiger partial charge in [0.1, 0.15) is 35.4 Å². The Morgan fingerprint density at radius 1 is 0.833 bits per heavy atom. The summed E-state index contributed by atoms with van der Waals surface area (Å²) in [5, 5.41) is 0. The Labute approximate surface area is 212 Å². The van der Waals surface area contributed by atoms with Gasteiger partial charge in [-0.2, -0.15) is 0 Å². The first-order valence-electron chi connectivity index (χ1n) is 11.6. The molecular weight excluding hydrogens is 452 g/mol. The molecule has 0 fully saturated rings. The molecule has 36 heavy (non-hydrogen) atoms. The van der Waals surface area contributed by atoms with E-state index >= 15 is 0 Å². The molecule has 0 saturated heterocycles. The first-order valence-corrected chi connectivity index (χ1v) is 11.6. The second kappa shape index (κ2) is 11.8. The maximum Gasteiger partial charge on any atom is 0.144 e. The van der Waals surface area contributed by atoms with Crippen molar-refractivity contribution < 1.29 is 18.9 Å². The molecule has 0 saturated carbocycles. The molecule has 3 aromatic carbocycles. The zero-order valence-corrected chi connectivity index (χ0v) is 20.8. The molecule has 0 unspecified atom stereocenters. The lowest BCUT2D eigenvalue weighted by atomic mass is 10.0. The molecule has 0 aliphatic carbocycles. The maximum atomic E-state index is 5.78. The fraction of sp³-hybridized carbons (Fsp3) is 0.167. The summed E-state index contributed by atoms with van der Waals surface area (Å²) in [7, 11) is 4.97. The molecule has 4 aromatic rings. The molecule has 0 aliphatic rings. The van der Waals surface area contributed by atoms with Gasteiger partial charge in [0.15, 0.2) is 0 Å². The van der Waals surface area contributed by atoms with E-state index in [9.17, 15) is 0 Å². The van der Waals surface area contributed by atoms with Crippen LogP contribution in [0.5, 0.6) is 23.0 Å². The first-order chi connectivity index (χ1) is 17.6. The van der Waals surface area contributed by atoms with E-state index in [1.807, 2.05) is 66.9 Å². The number of ether oxygens (including phenoxy) is 4. The van der Waals surface area contributed by atoms with Crippen LogP contribution in [0.1, 0.15) is 16.7 Å². The van der Waals surface area contributed by atoms with E-state index in [1.54, 1.807) is 33.6 Å². The Balaban J connectivity index is 1.70. The van der Waals surface area contributed by atoms with E-state index in [0.29, 0.717) is 24.7 Å². The molecule has 0 radical (unpaired) electrons. The van der Waals surface area contributed by atoms with E-state index in [4.69, 9.17) is 23.9 Å². The zero-order valence-electron chi connectivity index (χ0n) is 20.8. The molecular formula is C30H30N2O4. The summed E-state index contributed by atoms with van der Waals surface area (Å²) in [5.41, 5.74) is 3.99. The molecule has 0 bridgehead atoms. The molecule has 0 amide bonds. The first kappa shape index (κ1) is 24.7. The van der Waals surface area contributed by atoms with Crippen LogP contribution in [0.4, 0.5) is 0 Å². The normalized spacial score (nSPS) is 10.9. The smallest absolute Gasteiger partial charge is 0.144 e. The lowest BCUT2D eigenvalue weighted by Gasteiger charge is -2.16. The molecule has 184 valence electrons. The number of rotatable bonds is 11.